The number of carbonyl (C=O) groups is 6. The Morgan fingerprint density at radius 2 is 0.878 bits per heavy atom. The first-order chi connectivity index (χ1) is 66.0. The predicted molar refractivity (Wildman–Crippen MR) is 542 cm³/mol. The minimum absolute atomic E-state index is 0.0312. The van der Waals surface area contributed by atoms with Gasteiger partial charge in [0, 0.05) is 100 Å². The number of anilines is 2. The van der Waals surface area contributed by atoms with Gasteiger partial charge in [-0.3, -0.25) is 28.3 Å². The maximum Gasteiger partial charge on any atom is 0.410 e. The maximum atomic E-state index is 12.6. The number of halogens is 2. The normalized spacial score (nSPS) is 15.9. The molecule has 6 aromatic carbocycles. The number of nitrogens with two attached hydrogens (primary N) is 3. The highest BCUT2D eigenvalue weighted by Gasteiger charge is 2.36. The summed E-state index contributed by atoms with van der Waals surface area (Å²) in [6.07, 6.45) is 13.3. The standard InChI is InChI=1S/C27H32N4O4.C27H30N4O3.C15H13NO.C13H20N2O3.C12H20N2O2.C9H22N2O.C3H3ClO.CH3F/c1-27(2,3)35-26(33)30-15-7-8-18(16-30)22-17-31(24(23(22)28)25(29)32)19-11-13-21(14-12-19)34-20-9-5-4-6-10-20;1-27(2,3)34-26(32)30-16-8-9-19(17-30)23-18-31(25(29-4)24(23)28)20-12-14-22(15-13-20)33-21-10-6-5-7-11-21;16-12-4-5-13-8-10-15(11-9-13)17-14-6-2-1-3-7-14;1-13(2,3)18-12(17)15-6-4-5-10(8-15)11(7-14)9-16;1-12(2,3)16-11(15)14-8-4-5-10(9-14)6-7-13;1-9(2,3)12-8(10(4)5)11(6)7;1-2-3(4)5;1-2/h4-6,9-14,17-18H,7-8,15-16,28H2,1-3H3,(H2,29,32);5-7,10-15,18-19H,8-9,16-17,28H2,1-3H3;1-3,6-11H,4-5H2;9-10,16H,4-6,8H2,1-3H3;10H,4-6,8-9H2,1-3H3;8H,1-7H3;2H,1H2;1H3/b;;;11-9-;;;;/i;;;;;;;1D. The number of piperidine rings is 4. The first kappa shape index (κ1) is 114. The predicted octanol–water partition coefficient (Wildman–Crippen LogP) is 23.4. The summed E-state index contributed by atoms with van der Waals surface area (Å²) in [4.78, 5) is 85.3. The number of aliphatic hydroxyl groups excluding tert-OH is 1. The third-order valence-electron chi connectivity index (χ3n) is 20.9. The van der Waals surface area contributed by atoms with Crippen LogP contribution in [-0.2, 0) is 34.9 Å². The summed E-state index contributed by atoms with van der Waals surface area (Å²) in [5.41, 5.74) is 22.2. The Balaban J connectivity index is 0.000000303. The molecule has 30 nitrogen and oxygen atoms in total. The number of nitriles is 3. The van der Waals surface area contributed by atoms with Crippen molar-refractivity contribution in [3.63, 3.8) is 0 Å². The largest absolute Gasteiger partial charge is 0.515 e. The minimum atomic E-state index is -1.00. The number of hydrogen-bond donors (Lipinski definition) is 4. The third-order valence-corrected chi connectivity index (χ3v) is 21.1. The number of hydrogen-bond acceptors (Lipinski definition) is 22. The number of benzene rings is 6. The van der Waals surface area contributed by atoms with Gasteiger partial charge in [-0.15, -0.1) is 0 Å². The van der Waals surface area contributed by atoms with Crippen molar-refractivity contribution in [2.75, 3.05) is 99.2 Å². The molecule has 4 saturated heterocycles. The molecule has 4 aliphatic rings. The zero-order valence-electron chi connectivity index (χ0n) is 85.2. The summed E-state index contributed by atoms with van der Waals surface area (Å²) < 4.78 is 64.0. The van der Waals surface area contributed by atoms with E-state index in [2.05, 4.69) is 44.3 Å². The number of carbonyl (C=O) groups excluding carboxylic acids is 6. The lowest BCUT2D eigenvalue weighted by Crippen LogP contribution is -2.46. The van der Waals surface area contributed by atoms with E-state index in [9.17, 15) is 33.2 Å². The van der Waals surface area contributed by atoms with Gasteiger partial charge in [-0.25, -0.2) is 19.2 Å². The molecule has 5 amide bonds. The molecule has 32 heteroatoms. The fourth-order valence-electron chi connectivity index (χ4n) is 14.9. The Morgan fingerprint density at radius 3 is 1.21 bits per heavy atom. The Hall–Kier alpha value is -13.6. The lowest BCUT2D eigenvalue weighted by atomic mass is 9.91. The van der Waals surface area contributed by atoms with Gasteiger partial charge >= 0.3 is 24.4 Å². The van der Waals surface area contributed by atoms with Gasteiger partial charge in [0.05, 0.1) is 61.7 Å². The summed E-state index contributed by atoms with van der Waals surface area (Å²) in [7, 11) is 7.04. The molecule has 6 heterocycles. The van der Waals surface area contributed by atoms with E-state index in [1.54, 1.807) is 24.2 Å². The average molecular weight is 1930 g/mol. The molecule has 750 valence electrons. The Bertz CT molecular complexity index is 5400. The number of nitrogens with zero attached hydrogens (tertiary/aromatic N) is 12. The van der Waals surface area contributed by atoms with Crippen LogP contribution >= 0.6 is 11.6 Å². The van der Waals surface area contributed by atoms with E-state index in [4.69, 9.17) is 95.5 Å². The maximum absolute atomic E-state index is 12.6. The van der Waals surface area contributed by atoms with Crippen molar-refractivity contribution in [2.24, 2.45) is 17.6 Å². The molecule has 0 bridgehead atoms. The second kappa shape index (κ2) is 56.3. The van der Waals surface area contributed by atoms with E-state index in [0.29, 0.717) is 98.8 Å². The summed E-state index contributed by atoms with van der Waals surface area (Å²) in [5.74, 6) is 4.51. The number of likely N-dealkylation sites (tertiary alicyclic amines) is 4. The monoisotopic (exact) mass is 1930 g/mol. The lowest BCUT2D eigenvalue weighted by Gasteiger charge is -2.35. The Kier molecular flexibility index (Phi) is 46.3. The zero-order valence-corrected chi connectivity index (χ0v) is 84.9. The highest BCUT2D eigenvalue weighted by Crippen LogP contribution is 2.42. The van der Waals surface area contributed by atoms with Crippen LogP contribution in [0.2, 0.25) is 0 Å². The number of aryl methyl sites for hydroxylation is 1. The van der Waals surface area contributed by atoms with Crippen LogP contribution < -0.4 is 31.4 Å². The molecule has 139 heavy (non-hydrogen) atoms. The van der Waals surface area contributed by atoms with E-state index < -0.39 is 40.7 Å². The topological polar surface area (TPSA) is 380 Å². The van der Waals surface area contributed by atoms with Gasteiger partial charge in [-0.2, -0.15) is 15.8 Å². The number of ether oxygens (including phenoxy) is 8. The molecule has 4 atom stereocenters. The fourth-order valence-corrected chi connectivity index (χ4v) is 14.9. The Labute approximate surface area is 827 Å². The van der Waals surface area contributed by atoms with Gasteiger partial charge in [0.2, 0.25) is 5.24 Å². The van der Waals surface area contributed by atoms with Crippen LogP contribution in [-0.4, -0.2) is 201 Å². The Morgan fingerprint density at radius 1 is 0.532 bits per heavy atom. The lowest BCUT2D eigenvalue weighted by molar-refractivity contribution is -0.179. The van der Waals surface area contributed by atoms with Gasteiger partial charge in [-0.05, 0) is 322 Å². The molecular formula is C107H143ClFN15O15. The number of allylic oxidation sites excluding steroid dienone is 1. The SMILES string of the molecule is C=CC(=O)Cl.CC(C)(C)OC(=O)N1CCCC(/C(C#N)=C\O)C1.CC(C)(C)OC(=O)N1CCCC(CC#N)C1.CC(C)(C)OC(=O)N1CCCC(c2cn(-c3ccc(Oc4ccccc4)cc3)c(C(N)=O)c2N)C1.CN(C)C(OC(C)(C)C)N(C)C.N#CCCc1ccc(Oc2ccccc2)cc1.[2H]CF.[C-]#[N+]c1c(N)c(C2CCCN(C(=O)OC(C)(C)C)C2)cn1-c1ccc(Oc2ccccc2)cc1. The molecule has 2 aromatic heterocycles. The molecule has 12 rings (SSSR count). The average Bonchev–Trinajstić information content (AvgIpc) is 1.64. The summed E-state index contributed by atoms with van der Waals surface area (Å²) in [6.45, 7) is 43.9. The molecule has 4 aliphatic heterocycles. The number of aromatic nitrogens is 2. The number of aliphatic hydroxyl groups is 1. The molecule has 0 aliphatic carbocycles. The van der Waals surface area contributed by atoms with Crippen molar-refractivity contribution in [2.45, 2.75) is 221 Å². The van der Waals surface area contributed by atoms with Crippen LogP contribution in [0.4, 0.5) is 40.8 Å². The number of primary amides is 1. The first-order valence-electron chi connectivity index (χ1n) is 46.9. The second-order valence-corrected chi connectivity index (χ2v) is 39.1. The van der Waals surface area contributed by atoms with Crippen LogP contribution in [0.5, 0.6) is 34.5 Å². The van der Waals surface area contributed by atoms with Crippen molar-refractivity contribution < 1.29 is 77.5 Å². The molecule has 0 radical (unpaired) electrons. The molecule has 0 saturated carbocycles. The molecule has 4 fully saturated rings. The van der Waals surface area contributed by atoms with Crippen LogP contribution in [0.15, 0.2) is 201 Å². The van der Waals surface area contributed by atoms with Gasteiger partial charge in [0.1, 0.15) is 68.3 Å². The third kappa shape index (κ3) is 41.3. The summed E-state index contributed by atoms with van der Waals surface area (Å²) in [6, 6.07) is 57.8. The van der Waals surface area contributed by atoms with Crippen LogP contribution in [0.3, 0.4) is 0 Å². The number of rotatable bonds is 19. The highest BCUT2D eigenvalue weighted by atomic mass is 35.5. The van der Waals surface area contributed by atoms with Crippen molar-refractivity contribution in [1.82, 2.24) is 38.5 Å². The van der Waals surface area contributed by atoms with E-state index in [1.165, 1.54) is 0 Å². The minimum Gasteiger partial charge on any atom is -0.515 e. The zero-order chi connectivity index (χ0) is 104. The van der Waals surface area contributed by atoms with E-state index in [0.717, 1.165) is 128 Å². The molecular weight excluding hydrogens is 1790 g/mol. The first-order valence-corrected chi connectivity index (χ1v) is 46.6. The molecule has 4 unspecified atom stereocenters. The van der Waals surface area contributed by atoms with Gasteiger partial charge in [0.15, 0.2) is 6.35 Å². The fraction of sp³-hybridized carbons (Fsp3) is 0.458. The van der Waals surface area contributed by atoms with Gasteiger partial charge in [-0.1, -0.05) is 79.9 Å². The van der Waals surface area contributed by atoms with E-state index >= 15 is 0 Å². The molecule has 0 spiro atoms. The van der Waals surface area contributed by atoms with Gasteiger partial charge in [0.25, 0.3) is 11.7 Å². The van der Waals surface area contributed by atoms with Crippen LogP contribution in [0.1, 0.15) is 208 Å². The number of para-hydroxylation sites is 3. The quantitative estimate of drug-likeness (QED) is 0.0111. The summed E-state index contributed by atoms with van der Waals surface area (Å²) >= 11 is 4.71. The van der Waals surface area contributed by atoms with Crippen LogP contribution in [0.25, 0.3) is 16.2 Å². The smallest absolute Gasteiger partial charge is 0.410 e. The number of nitrogen functional groups attached to an aromatic ring is 2. The summed E-state index contributed by atoms with van der Waals surface area (Å²) in [5, 5.41) is 34.5. The van der Waals surface area contributed by atoms with Gasteiger partial charge < -0.3 is 89.2 Å². The number of alkyl halides is 1. The van der Waals surface area contributed by atoms with E-state index in [-0.39, 0.29) is 59.8 Å². The van der Waals surface area contributed by atoms with Crippen molar-refractivity contribution in [3.05, 3.63) is 234 Å². The number of amides is 5. The van der Waals surface area contributed by atoms with Crippen LogP contribution in [0, 0.1) is 52.4 Å². The second-order valence-electron chi connectivity index (χ2n) is 38.7. The molecule has 7 N–H and O–H groups in total. The highest BCUT2D eigenvalue weighted by molar-refractivity contribution is 6.66. The van der Waals surface area contributed by atoms with Crippen molar-refractivity contribution >= 4 is 64.3 Å². The van der Waals surface area contributed by atoms with Crippen molar-refractivity contribution in [1.29, 1.82) is 15.8 Å². The molecule has 8 aromatic rings. The van der Waals surface area contributed by atoms with E-state index in [1.807, 2.05) is 308 Å². The van der Waals surface area contributed by atoms with Crippen molar-refractivity contribution in [3.8, 4) is 64.1 Å².